The first kappa shape index (κ1) is 22.7. The minimum atomic E-state index is -5.10. The van der Waals surface area contributed by atoms with Gasteiger partial charge in [0.05, 0.1) is 17.0 Å². The van der Waals surface area contributed by atoms with Crippen LogP contribution in [-0.2, 0) is 22.2 Å². The molecular weight excluding hydrogens is 422 g/mol. The number of amides is 2. The molecule has 1 aromatic carbocycles. The number of rotatable bonds is 5. The van der Waals surface area contributed by atoms with Gasteiger partial charge in [-0.2, -0.15) is 26.3 Å². The highest BCUT2D eigenvalue weighted by Gasteiger charge is 2.39. The zero-order valence-corrected chi connectivity index (χ0v) is 16.0. The highest BCUT2D eigenvalue weighted by molar-refractivity contribution is 7.14. The molecular formula is C18H16F6N2O2S. The van der Waals surface area contributed by atoms with Crippen molar-refractivity contribution in [1.82, 2.24) is 0 Å². The lowest BCUT2D eigenvalue weighted by Gasteiger charge is -2.13. The Hall–Kier alpha value is -2.56. The topological polar surface area (TPSA) is 58.2 Å². The monoisotopic (exact) mass is 438 g/mol. The summed E-state index contributed by atoms with van der Waals surface area (Å²) in [6.07, 6.45) is -10.1. The summed E-state index contributed by atoms with van der Waals surface area (Å²) in [4.78, 5) is 23.6. The normalized spacial score (nSPS) is 12.2. The van der Waals surface area contributed by atoms with E-state index >= 15 is 0 Å². The van der Waals surface area contributed by atoms with Crippen molar-refractivity contribution in [3.63, 3.8) is 0 Å². The van der Waals surface area contributed by atoms with E-state index in [1.54, 1.807) is 19.2 Å². The van der Waals surface area contributed by atoms with E-state index < -0.39 is 36.2 Å². The second-order valence-electron chi connectivity index (χ2n) is 6.41. The molecule has 2 N–H and O–H groups in total. The summed E-state index contributed by atoms with van der Waals surface area (Å²) in [6, 6.07) is 3.98. The Kier molecular flexibility index (Phi) is 6.61. The molecule has 11 heteroatoms. The lowest BCUT2D eigenvalue weighted by atomic mass is 9.99. The molecule has 0 aliphatic rings. The van der Waals surface area contributed by atoms with Gasteiger partial charge in [-0.15, -0.1) is 11.3 Å². The molecule has 4 nitrogen and oxygen atoms in total. The predicted molar refractivity (Wildman–Crippen MR) is 96.9 cm³/mol. The Morgan fingerprint density at radius 1 is 1.07 bits per heavy atom. The number of benzene rings is 1. The van der Waals surface area contributed by atoms with Gasteiger partial charge in [-0.1, -0.05) is 19.9 Å². The van der Waals surface area contributed by atoms with E-state index in [0.29, 0.717) is 5.56 Å². The zero-order chi connectivity index (χ0) is 22.0. The van der Waals surface area contributed by atoms with Gasteiger partial charge in [0.2, 0.25) is 5.91 Å². The van der Waals surface area contributed by atoms with Crippen molar-refractivity contribution in [3.05, 3.63) is 46.3 Å². The molecule has 0 spiro atoms. The first-order valence-electron chi connectivity index (χ1n) is 8.24. The van der Waals surface area contributed by atoms with E-state index in [0.717, 1.165) is 29.5 Å². The maximum Gasteiger partial charge on any atom is 0.471 e. The van der Waals surface area contributed by atoms with Crippen molar-refractivity contribution in [1.29, 1.82) is 0 Å². The smallest absolute Gasteiger partial charge is 0.326 e. The van der Waals surface area contributed by atoms with Crippen molar-refractivity contribution in [3.8, 4) is 0 Å². The van der Waals surface area contributed by atoms with E-state index in [1.165, 1.54) is 11.4 Å². The molecule has 1 aromatic heterocycles. The van der Waals surface area contributed by atoms with Crippen molar-refractivity contribution < 1.29 is 35.9 Å². The van der Waals surface area contributed by atoms with E-state index in [2.05, 4.69) is 5.32 Å². The summed E-state index contributed by atoms with van der Waals surface area (Å²) >= 11 is 0.842. The average molecular weight is 438 g/mol. The van der Waals surface area contributed by atoms with Crippen molar-refractivity contribution in [2.45, 2.75) is 38.5 Å². The van der Waals surface area contributed by atoms with E-state index in [4.69, 9.17) is 0 Å². The highest BCUT2D eigenvalue weighted by atomic mass is 32.1. The van der Waals surface area contributed by atoms with Gasteiger partial charge in [0.25, 0.3) is 0 Å². The van der Waals surface area contributed by atoms with Crippen LogP contribution in [0.4, 0.5) is 37.0 Å². The summed E-state index contributed by atoms with van der Waals surface area (Å²) in [5, 5.41) is 5.45. The molecule has 1 heterocycles. The second-order valence-corrected chi connectivity index (χ2v) is 7.29. The summed E-state index contributed by atoms with van der Waals surface area (Å²) in [5.41, 5.74) is -0.308. The van der Waals surface area contributed by atoms with Crippen molar-refractivity contribution in [2.75, 3.05) is 10.6 Å². The van der Waals surface area contributed by atoms with Gasteiger partial charge in [0.15, 0.2) is 0 Å². The number of anilines is 2. The van der Waals surface area contributed by atoms with Crippen LogP contribution in [0.1, 0.15) is 36.5 Å². The molecule has 0 unspecified atom stereocenters. The molecule has 158 valence electrons. The molecule has 0 saturated carbocycles. The number of carbonyl (C=O) groups is 2. The number of nitrogens with one attached hydrogen (secondary N) is 2. The maximum atomic E-state index is 12.8. The van der Waals surface area contributed by atoms with Gasteiger partial charge in [0.1, 0.15) is 0 Å². The number of halogens is 6. The Balaban J connectivity index is 2.23. The fraction of sp³-hybridized carbons (Fsp3) is 0.333. The Morgan fingerprint density at radius 3 is 2.28 bits per heavy atom. The van der Waals surface area contributed by atoms with Crippen LogP contribution in [0.3, 0.4) is 0 Å². The van der Waals surface area contributed by atoms with Gasteiger partial charge in [-0.05, 0) is 40.6 Å². The predicted octanol–water partition coefficient (Wildman–Crippen LogP) is 5.57. The third kappa shape index (κ3) is 5.96. The van der Waals surface area contributed by atoms with Crippen LogP contribution in [0, 0.1) is 0 Å². The van der Waals surface area contributed by atoms with E-state index in [1.807, 2.05) is 0 Å². The molecule has 2 amide bonds. The van der Waals surface area contributed by atoms with Gasteiger partial charge >= 0.3 is 18.3 Å². The molecule has 29 heavy (non-hydrogen) atoms. The first-order chi connectivity index (χ1) is 13.3. The molecule has 0 radical (unpaired) electrons. The lowest BCUT2D eigenvalue weighted by molar-refractivity contribution is -0.167. The fourth-order valence-electron chi connectivity index (χ4n) is 2.48. The third-order valence-electron chi connectivity index (χ3n) is 3.84. The quantitative estimate of drug-likeness (QED) is 0.600. The maximum absolute atomic E-state index is 12.8. The Bertz CT molecular complexity index is 902. The Labute approximate surface area is 165 Å². The summed E-state index contributed by atoms with van der Waals surface area (Å²) in [6.45, 7) is 3.51. The average Bonchev–Trinajstić information content (AvgIpc) is 2.96. The van der Waals surface area contributed by atoms with Crippen LogP contribution < -0.4 is 10.6 Å². The van der Waals surface area contributed by atoms with Crippen LogP contribution in [-0.4, -0.2) is 18.0 Å². The molecule has 2 rings (SSSR count). The van der Waals surface area contributed by atoms with Crippen molar-refractivity contribution >= 4 is 33.8 Å². The number of hydrogen-bond acceptors (Lipinski definition) is 3. The first-order valence-corrected chi connectivity index (χ1v) is 9.12. The van der Waals surface area contributed by atoms with Crippen LogP contribution in [0.15, 0.2) is 29.6 Å². The van der Waals surface area contributed by atoms with Gasteiger partial charge in [-0.3, -0.25) is 9.59 Å². The highest BCUT2D eigenvalue weighted by Crippen LogP contribution is 2.35. The summed E-state index contributed by atoms with van der Waals surface area (Å²) < 4.78 is 76.0. The molecule has 0 saturated heterocycles. The molecule has 0 fully saturated rings. The largest absolute Gasteiger partial charge is 0.471 e. The lowest BCUT2D eigenvalue weighted by Crippen LogP contribution is -2.30. The third-order valence-corrected chi connectivity index (χ3v) is 4.80. The van der Waals surface area contributed by atoms with Crippen LogP contribution >= 0.6 is 11.3 Å². The number of carbonyl (C=O) groups excluding carboxylic acids is 2. The number of thiophene rings is 1. The Morgan fingerprint density at radius 2 is 1.72 bits per heavy atom. The molecule has 0 atom stereocenters. The van der Waals surface area contributed by atoms with E-state index in [9.17, 15) is 35.9 Å². The van der Waals surface area contributed by atoms with Crippen molar-refractivity contribution in [2.24, 2.45) is 0 Å². The fourth-order valence-corrected chi connectivity index (χ4v) is 3.62. The van der Waals surface area contributed by atoms with Crippen LogP contribution in [0.5, 0.6) is 0 Å². The molecule has 0 bridgehead atoms. The second kappa shape index (κ2) is 8.44. The minimum absolute atomic E-state index is 0.105. The SMILES string of the molecule is CC(C)c1csc(NC(=O)C(F)(F)F)c1CC(=O)Nc1cccc(C(F)(F)F)c1. The number of alkyl halides is 6. The van der Waals surface area contributed by atoms with Gasteiger partial charge in [-0.25, -0.2) is 0 Å². The van der Waals surface area contributed by atoms with Crippen LogP contribution in [0.2, 0.25) is 0 Å². The molecule has 0 aliphatic carbocycles. The minimum Gasteiger partial charge on any atom is -0.326 e. The molecule has 0 aliphatic heterocycles. The number of hydrogen-bond donors (Lipinski definition) is 2. The van der Waals surface area contributed by atoms with Gasteiger partial charge in [0, 0.05) is 5.69 Å². The summed E-state index contributed by atoms with van der Waals surface area (Å²) in [5.74, 6) is -3.06. The van der Waals surface area contributed by atoms with Crippen LogP contribution in [0.25, 0.3) is 0 Å². The summed E-state index contributed by atoms with van der Waals surface area (Å²) in [7, 11) is 0. The molecule has 2 aromatic rings. The standard InChI is InChI=1S/C18H16F6N2O2S/c1-9(2)13-8-29-15(26-16(28)18(22,23)24)12(13)7-14(27)25-11-5-3-4-10(6-11)17(19,20)21/h3-6,8-9H,7H2,1-2H3,(H,25,27)(H,26,28). The van der Waals surface area contributed by atoms with Gasteiger partial charge < -0.3 is 10.6 Å². The zero-order valence-electron chi connectivity index (χ0n) is 15.2. The van der Waals surface area contributed by atoms with E-state index in [-0.39, 0.29) is 22.2 Å².